The molecule has 0 spiro atoms. The third-order valence-electron chi connectivity index (χ3n) is 3.22. The lowest BCUT2D eigenvalue weighted by Crippen LogP contribution is -2.40. The number of rotatable bonds is 5. The molecule has 1 heterocycles. The zero-order valence-electron chi connectivity index (χ0n) is 10.5. The summed E-state index contributed by atoms with van der Waals surface area (Å²) in [5.74, 6) is 0. The van der Waals surface area contributed by atoms with Gasteiger partial charge in [-0.1, -0.05) is 30.3 Å². The lowest BCUT2D eigenvalue weighted by molar-refractivity contribution is 0.0235. The molecule has 2 rings (SSSR count). The summed E-state index contributed by atoms with van der Waals surface area (Å²) in [6, 6.07) is 11.0. The molecule has 94 valence electrons. The third-order valence-corrected chi connectivity index (χ3v) is 3.22. The monoisotopic (exact) mass is 234 g/mol. The van der Waals surface area contributed by atoms with Gasteiger partial charge in [0.1, 0.15) is 0 Å². The van der Waals surface area contributed by atoms with Crippen molar-refractivity contribution in [1.82, 2.24) is 10.6 Å². The van der Waals surface area contributed by atoms with E-state index in [1.807, 2.05) is 0 Å². The van der Waals surface area contributed by atoms with Crippen molar-refractivity contribution in [3.63, 3.8) is 0 Å². The second kappa shape index (κ2) is 6.74. The zero-order valence-corrected chi connectivity index (χ0v) is 10.5. The number of ether oxygens (including phenoxy) is 1. The van der Waals surface area contributed by atoms with Gasteiger partial charge in [0.25, 0.3) is 0 Å². The second-order valence-electron chi connectivity index (χ2n) is 4.57. The normalized spacial score (nSPS) is 22.3. The summed E-state index contributed by atoms with van der Waals surface area (Å²) >= 11 is 0. The van der Waals surface area contributed by atoms with Gasteiger partial charge in [-0.2, -0.15) is 0 Å². The van der Waals surface area contributed by atoms with Crippen molar-refractivity contribution >= 4 is 0 Å². The van der Waals surface area contributed by atoms with Crippen LogP contribution in [0.4, 0.5) is 0 Å². The maximum Gasteiger partial charge on any atom is 0.0712 e. The summed E-state index contributed by atoms with van der Waals surface area (Å²) in [6.07, 6.45) is 1.45. The fourth-order valence-electron chi connectivity index (χ4n) is 2.13. The Labute approximate surface area is 104 Å². The van der Waals surface area contributed by atoms with Crippen molar-refractivity contribution in [3.8, 4) is 0 Å². The number of hydrogen-bond donors (Lipinski definition) is 2. The summed E-state index contributed by atoms with van der Waals surface area (Å²) in [5, 5.41) is 6.89. The Balaban J connectivity index is 1.67. The van der Waals surface area contributed by atoms with Crippen LogP contribution in [0.1, 0.15) is 24.9 Å². The van der Waals surface area contributed by atoms with Crippen molar-refractivity contribution in [1.29, 1.82) is 0 Å². The van der Waals surface area contributed by atoms with Gasteiger partial charge in [0, 0.05) is 19.1 Å². The highest BCUT2D eigenvalue weighted by molar-refractivity contribution is 5.17. The van der Waals surface area contributed by atoms with E-state index in [9.17, 15) is 0 Å². The van der Waals surface area contributed by atoms with Gasteiger partial charge in [-0.05, 0) is 25.5 Å². The lowest BCUT2D eigenvalue weighted by Gasteiger charge is -2.24. The van der Waals surface area contributed by atoms with Gasteiger partial charge in [-0.25, -0.2) is 0 Å². The molecule has 0 aromatic heterocycles. The predicted octanol–water partition coefficient (Wildman–Crippen LogP) is 1.72. The number of benzene rings is 1. The molecular formula is C14H22N2O. The van der Waals surface area contributed by atoms with E-state index in [1.54, 1.807) is 0 Å². The molecule has 2 N–H and O–H groups in total. The molecule has 1 saturated heterocycles. The molecule has 1 aromatic rings. The molecule has 1 fully saturated rings. The van der Waals surface area contributed by atoms with Crippen LogP contribution in [-0.2, 0) is 4.74 Å². The van der Waals surface area contributed by atoms with E-state index in [4.69, 9.17) is 4.74 Å². The first-order valence-electron chi connectivity index (χ1n) is 6.47. The fraction of sp³-hybridized carbons (Fsp3) is 0.571. The Kier molecular flexibility index (Phi) is 4.98. The van der Waals surface area contributed by atoms with E-state index in [1.165, 1.54) is 5.56 Å². The van der Waals surface area contributed by atoms with E-state index >= 15 is 0 Å². The highest BCUT2D eigenvalue weighted by atomic mass is 16.5. The van der Waals surface area contributed by atoms with Crippen LogP contribution in [0.25, 0.3) is 0 Å². The molecule has 0 bridgehead atoms. The average Bonchev–Trinajstić information content (AvgIpc) is 2.41. The molecule has 1 aliphatic heterocycles. The van der Waals surface area contributed by atoms with Crippen molar-refractivity contribution in [3.05, 3.63) is 35.9 Å². The van der Waals surface area contributed by atoms with Gasteiger partial charge < -0.3 is 15.4 Å². The summed E-state index contributed by atoms with van der Waals surface area (Å²) in [5.41, 5.74) is 1.34. The van der Waals surface area contributed by atoms with Gasteiger partial charge in [0.05, 0.1) is 12.7 Å². The van der Waals surface area contributed by atoms with Crippen molar-refractivity contribution in [2.75, 3.05) is 26.2 Å². The van der Waals surface area contributed by atoms with E-state index < -0.39 is 0 Å². The summed E-state index contributed by atoms with van der Waals surface area (Å²) in [7, 11) is 0. The predicted molar refractivity (Wildman–Crippen MR) is 70.1 cm³/mol. The Morgan fingerprint density at radius 2 is 2.24 bits per heavy atom. The van der Waals surface area contributed by atoms with Crippen molar-refractivity contribution in [2.45, 2.75) is 25.5 Å². The molecule has 1 aliphatic rings. The Morgan fingerprint density at radius 1 is 1.41 bits per heavy atom. The number of hydrogen-bond acceptors (Lipinski definition) is 3. The molecule has 2 atom stereocenters. The van der Waals surface area contributed by atoms with Crippen LogP contribution in [0.3, 0.4) is 0 Å². The largest absolute Gasteiger partial charge is 0.376 e. The van der Waals surface area contributed by atoms with Crippen molar-refractivity contribution < 1.29 is 4.74 Å². The van der Waals surface area contributed by atoms with Crippen LogP contribution in [0.15, 0.2) is 30.3 Å². The van der Waals surface area contributed by atoms with Gasteiger partial charge in [0.15, 0.2) is 0 Å². The number of nitrogens with one attached hydrogen (secondary N) is 2. The molecule has 3 nitrogen and oxygen atoms in total. The van der Waals surface area contributed by atoms with Crippen LogP contribution < -0.4 is 10.6 Å². The fourth-order valence-corrected chi connectivity index (χ4v) is 2.13. The first-order chi connectivity index (χ1) is 8.36. The Bertz CT molecular complexity index is 309. The third kappa shape index (κ3) is 4.11. The summed E-state index contributed by atoms with van der Waals surface area (Å²) in [6.45, 7) is 6.03. The first kappa shape index (κ1) is 12.6. The van der Waals surface area contributed by atoms with Crippen LogP contribution in [0.5, 0.6) is 0 Å². The standard InChI is InChI=1S/C14H22N2O/c1-12(13-5-3-2-4-6-13)16-8-7-14-11-15-9-10-17-14/h2-6,12,14-16H,7-11H2,1H3. The lowest BCUT2D eigenvalue weighted by atomic mass is 10.1. The smallest absolute Gasteiger partial charge is 0.0712 e. The molecule has 0 saturated carbocycles. The van der Waals surface area contributed by atoms with E-state index in [0.29, 0.717) is 12.1 Å². The second-order valence-corrected chi connectivity index (χ2v) is 4.57. The summed E-state index contributed by atoms with van der Waals surface area (Å²) in [4.78, 5) is 0. The first-order valence-corrected chi connectivity index (χ1v) is 6.47. The van der Waals surface area contributed by atoms with E-state index in [2.05, 4.69) is 47.9 Å². The molecule has 2 unspecified atom stereocenters. The molecule has 3 heteroatoms. The number of morpholine rings is 1. The van der Waals surface area contributed by atoms with Gasteiger partial charge in [-0.15, -0.1) is 0 Å². The van der Waals surface area contributed by atoms with Crippen LogP contribution >= 0.6 is 0 Å². The molecule has 0 amide bonds. The molecular weight excluding hydrogens is 212 g/mol. The van der Waals surface area contributed by atoms with Crippen LogP contribution in [-0.4, -0.2) is 32.3 Å². The van der Waals surface area contributed by atoms with Crippen LogP contribution in [0.2, 0.25) is 0 Å². The highest BCUT2D eigenvalue weighted by Crippen LogP contribution is 2.11. The van der Waals surface area contributed by atoms with Crippen molar-refractivity contribution in [2.24, 2.45) is 0 Å². The molecule has 17 heavy (non-hydrogen) atoms. The average molecular weight is 234 g/mol. The quantitative estimate of drug-likeness (QED) is 0.814. The molecule has 0 radical (unpaired) electrons. The van der Waals surface area contributed by atoms with E-state index in [0.717, 1.165) is 32.7 Å². The minimum atomic E-state index is 0.374. The Hall–Kier alpha value is -0.900. The SMILES string of the molecule is CC(NCCC1CNCCO1)c1ccccc1. The Morgan fingerprint density at radius 3 is 2.94 bits per heavy atom. The molecule has 0 aliphatic carbocycles. The van der Waals surface area contributed by atoms with Gasteiger partial charge in [-0.3, -0.25) is 0 Å². The van der Waals surface area contributed by atoms with Crippen LogP contribution in [0, 0.1) is 0 Å². The maximum absolute atomic E-state index is 5.66. The summed E-state index contributed by atoms with van der Waals surface area (Å²) < 4.78 is 5.66. The topological polar surface area (TPSA) is 33.3 Å². The van der Waals surface area contributed by atoms with E-state index in [-0.39, 0.29) is 0 Å². The minimum absolute atomic E-state index is 0.374. The zero-order chi connectivity index (χ0) is 11.9. The maximum atomic E-state index is 5.66. The highest BCUT2D eigenvalue weighted by Gasteiger charge is 2.13. The van der Waals surface area contributed by atoms with Gasteiger partial charge in [0.2, 0.25) is 0 Å². The molecule has 1 aromatic carbocycles. The van der Waals surface area contributed by atoms with Gasteiger partial charge >= 0.3 is 0 Å². The minimum Gasteiger partial charge on any atom is -0.376 e.